The van der Waals surface area contributed by atoms with Crippen molar-refractivity contribution >= 4 is 6.09 Å². The van der Waals surface area contributed by atoms with Crippen molar-refractivity contribution < 1.29 is 14.3 Å². The van der Waals surface area contributed by atoms with E-state index in [-0.39, 0.29) is 6.10 Å². The van der Waals surface area contributed by atoms with Gasteiger partial charge in [0, 0.05) is 6.20 Å². The number of carbonyl (C=O) groups is 1. The fourth-order valence-corrected chi connectivity index (χ4v) is 1.14. The van der Waals surface area contributed by atoms with Crippen LogP contribution < -0.4 is 0 Å². The molecular formula is C10H14N2O3. The molecule has 0 aromatic carbocycles. The summed E-state index contributed by atoms with van der Waals surface area (Å²) in [4.78, 5) is 15.6. The lowest BCUT2D eigenvalue weighted by molar-refractivity contribution is 0.0536. The molecule has 1 aromatic heterocycles. The highest BCUT2D eigenvalue weighted by atomic mass is 16.6. The Labute approximate surface area is 88.0 Å². The summed E-state index contributed by atoms with van der Waals surface area (Å²) in [6.45, 7) is 6.16. The number of hydrogen-bond donors (Lipinski definition) is 0. The largest absolute Gasteiger partial charge is 0.443 e. The van der Waals surface area contributed by atoms with E-state index in [2.05, 4.69) is 4.98 Å². The molecule has 82 valence electrons. The van der Waals surface area contributed by atoms with E-state index in [0.717, 1.165) is 5.69 Å². The normalized spacial score (nSPS) is 20.1. The van der Waals surface area contributed by atoms with E-state index in [4.69, 9.17) is 9.47 Å². The van der Waals surface area contributed by atoms with Gasteiger partial charge >= 0.3 is 6.09 Å². The van der Waals surface area contributed by atoms with E-state index in [1.165, 1.54) is 10.9 Å². The maximum Gasteiger partial charge on any atom is 0.419 e. The first kappa shape index (κ1) is 10.2. The number of aromatic nitrogens is 2. The summed E-state index contributed by atoms with van der Waals surface area (Å²) in [5.74, 6) is 0. The molecular weight excluding hydrogens is 196 g/mol. The van der Waals surface area contributed by atoms with Gasteiger partial charge in [-0.25, -0.2) is 14.3 Å². The molecule has 1 aliphatic rings. The van der Waals surface area contributed by atoms with Gasteiger partial charge in [-0.15, -0.1) is 0 Å². The van der Waals surface area contributed by atoms with E-state index in [1.54, 1.807) is 6.20 Å². The highest BCUT2D eigenvalue weighted by molar-refractivity contribution is 5.70. The Balaban J connectivity index is 2.05. The molecule has 2 heterocycles. The second-order valence-electron chi connectivity index (χ2n) is 4.51. The van der Waals surface area contributed by atoms with Crippen molar-refractivity contribution in [2.45, 2.75) is 32.5 Å². The van der Waals surface area contributed by atoms with Crippen LogP contribution in [0.15, 0.2) is 12.5 Å². The molecule has 1 saturated heterocycles. The molecule has 1 atom stereocenters. The molecule has 2 rings (SSSR count). The van der Waals surface area contributed by atoms with E-state index in [9.17, 15) is 4.79 Å². The van der Waals surface area contributed by atoms with Crippen LogP contribution in [0.1, 0.15) is 32.6 Å². The van der Waals surface area contributed by atoms with Crippen LogP contribution in [0.3, 0.4) is 0 Å². The number of rotatable bonds is 1. The second kappa shape index (κ2) is 3.34. The molecule has 0 radical (unpaired) electrons. The highest BCUT2D eigenvalue weighted by Gasteiger charge is 2.28. The minimum atomic E-state index is -0.488. The fraction of sp³-hybridized carbons (Fsp3) is 0.600. The van der Waals surface area contributed by atoms with Crippen LogP contribution in [0.2, 0.25) is 0 Å². The molecule has 15 heavy (non-hydrogen) atoms. The standard InChI is InChI=1S/C10H14N2O3/c1-10(2,3)15-9(13)12-4-7(11-6-12)8-5-14-8/h4,6,8H,5H2,1-3H3/t8-/m0/s1. The summed E-state index contributed by atoms with van der Waals surface area (Å²) in [5, 5.41) is 0. The lowest BCUT2D eigenvalue weighted by Crippen LogP contribution is -2.26. The van der Waals surface area contributed by atoms with Crippen molar-refractivity contribution in [1.29, 1.82) is 0 Å². The van der Waals surface area contributed by atoms with Gasteiger partial charge in [0.05, 0.1) is 12.3 Å². The summed E-state index contributed by atoms with van der Waals surface area (Å²) >= 11 is 0. The third kappa shape index (κ3) is 2.56. The maximum absolute atomic E-state index is 11.6. The predicted molar refractivity (Wildman–Crippen MR) is 52.6 cm³/mol. The quantitative estimate of drug-likeness (QED) is 0.662. The Hall–Kier alpha value is -1.36. The van der Waals surface area contributed by atoms with Crippen molar-refractivity contribution in [1.82, 2.24) is 9.55 Å². The Kier molecular flexibility index (Phi) is 2.26. The number of nitrogens with zero attached hydrogens (tertiary/aromatic N) is 2. The fourth-order valence-electron chi connectivity index (χ4n) is 1.14. The van der Waals surface area contributed by atoms with Crippen molar-refractivity contribution in [3.63, 3.8) is 0 Å². The Morgan fingerprint density at radius 2 is 2.33 bits per heavy atom. The SMILES string of the molecule is CC(C)(C)OC(=O)n1cnc([C@@H]2CO2)c1. The van der Waals surface area contributed by atoms with Gasteiger partial charge < -0.3 is 9.47 Å². The average molecular weight is 210 g/mol. The number of imidazole rings is 1. The third-order valence-corrected chi connectivity index (χ3v) is 1.87. The lowest BCUT2D eigenvalue weighted by Gasteiger charge is -2.18. The molecule has 0 N–H and O–H groups in total. The summed E-state index contributed by atoms with van der Waals surface area (Å²) in [7, 11) is 0. The Bertz CT molecular complexity index is 374. The number of ether oxygens (including phenoxy) is 2. The van der Waals surface area contributed by atoms with Gasteiger partial charge in [0.2, 0.25) is 0 Å². The van der Waals surface area contributed by atoms with E-state index in [0.29, 0.717) is 6.61 Å². The van der Waals surface area contributed by atoms with Crippen molar-refractivity contribution in [2.75, 3.05) is 6.61 Å². The van der Waals surface area contributed by atoms with Gasteiger partial charge in [0.15, 0.2) is 0 Å². The Morgan fingerprint density at radius 3 is 2.87 bits per heavy atom. The smallest absolute Gasteiger partial charge is 0.419 e. The van der Waals surface area contributed by atoms with Gasteiger partial charge in [0.25, 0.3) is 0 Å². The number of carbonyl (C=O) groups excluding carboxylic acids is 1. The van der Waals surface area contributed by atoms with E-state index < -0.39 is 11.7 Å². The molecule has 1 fully saturated rings. The molecule has 0 saturated carbocycles. The van der Waals surface area contributed by atoms with Gasteiger partial charge in [0.1, 0.15) is 18.0 Å². The van der Waals surface area contributed by atoms with Crippen LogP contribution in [0.5, 0.6) is 0 Å². The Morgan fingerprint density at radius 1 is 1.67 bits per heavy atom. The molecule has 1 aromatic rings. The molecule has 0 unspecified atom stereocenters. The average Bonchev–Trinajstić information content (AvgIpc) is 2.81. The van der Waals surface area contributed by atoms with Crippen LogP contribution in [0.4, 0.5) is 4.79 Å². The van der Waals surface area contributed by atoms with E-state index in [1.807, 2.05) is 20.8 Å². The molecule has 0 spiro atoms. The summed E-state index contributed by atoms with van der Waals surface area (Å²) in [6, 6.07) is 0. The van der Waals surface area contributed by atoms with Crippen molar-refractivity contribution in [2.24, 2.45) is 0 Å². The van der Waals surface area contributed by atoms with Gasteiger partial charge in [-0.1, -0.05) is 0 Å². The highest BCUT2D eigenvalue weighted by Crippen LogP contribution is 2.27. The number of hydrogen-bond acceptors (Lipinski definition) is 4. The zero-order valence-electron chi connectivity index (χ0n) is 9.06. The molecule has 0 aliphatic carbocycles. The lowest BCUT2D eigenvalue weighted by atomic mass is 10.2. The van der Waals surface area contributed by atoms with Crippen LogP contribution in [0.25, 0.3) is 0 Å². The molecule has 5 nitrogen and oxygen atoms in total. The van der Waals surface area contributed by atoms with Crippen molar-refractivity contribution in [3.8, 4) is 0 Å². The maximum atomic E-state index is 11.6. The van der Waals surface area contributed by atoms with Crippen LogP contribution in [0, 0.1) is 0 Å². The minimum absolute atomic E-state index is 0.0636. The predicted octanol–water partition coefficient (Wildman–Crippen LogP) is 1.74. The third-order valence-electron chi connectivity index (χ3n) is 1.87. The van der Waals surface area contributed by atoms with Crippen LogP contribution in [-0.2, 0) is 9.47 Å². The number of epoxide rings is 1. The van der Waals surface area contributed by atoms with Gasteiger partial charge in [-0.3, -0.25) is 0 Å². The zero-order valence-corrected chi connectivity index (χ0v) is 9.06. The van der Waals surface area contributed by atoms with Gasteiger partial charge in [-0.05, 0) is 20.8 Å². The van der Waals surface area contributed by atoms with Gasteiger partial charge in [-0.2, -0.15) is 0 Å². The first-order chi connectivity index (χ1) is 6.96. The molecule has 0 amide bonds. The molecule has 1 aliphatic heterocycles. The summed E-state index contributed by atoms with van der Waals surface area (Å²) in [5.41, 5.74) is 0.290. The first-order valence-electron chi connectivity index (χ1n) is 4.84. The van der Waals surface area contributed by atoms with Crippen molar-refractivity contribution in [3.05, 3.63) is 18.2 Å². The monoisotopic (exact) mass is 210 g/mol. The topological polar surface area (TPSA) is 56.7 Å². The summed E-state index contributed by atoms with van der Waals surface area (Å²) in [6.07, 6.45) is 2.74. The van der Waals surface area contributed by atoms with E-state index >= 15 is 0 Å². The van der Waals surface area contributed by atoms with Crippen LogP contribution >= 0.6 is 0 Å². The first-order valence-corrected chi connectivity index (χ1v) is 4.84. The zero-order chi connectivity index (χ0) is 11.1. The molecule has 5 heteroatoms. The molecule has 0 bridgehead atoms. The minimum Gasteiger partial charge on any atom is -0.443 e. The van der Waals surface area contributed by atoms with Crippen LogP contribution in [-0.4, -0.2) is 27.9 Å². The second-order valence-corrected chi connectivity index (χ2v) is 4.51. The summed E-state index contributed by atoms with van der Waals surface area (Å²) < 4.78 is 11.6.